The molecule has 2 aromatic rings. The Bertz CT molecular complexity index is 603. The van der Waals surface area contributed by atoms with E-state index in [0.717, 1.165) is 12.8 Å². The molecule has 0 saturated carbocycles. The van der Waals surface area contributed by atoms with Gasteiger partial charge in [0, 0.05) is 24.0 Å². The lowest BCUT2D eigenvalue weighted by molar-refractivity contribution is 0.680. The zero-order valence-corrected chi connectivity index (χ0v) is 15.4. The third-order valence-corrected chi connectivity index (χ3v) is 4.64. The first-order valence-electron chi connectivity index (χ1n) is 7.27. The number of aromatic nitrogens is 2. The lowest BCUT2D eigenvalue weighted by Gasteiger charge is -2.06. The number of rotatable bonds is 4. The van der Waals surface area contributed by atoms with Gasteiger partial charge in [0.05, 0.1) is 10.7 Å². The Labute approximate surface area is 151 Å². The zero-order chi connectivity index (χ0) is 14.5. The number of fused-ring (bicyclic) bond motifs is 1. The van der Waals surface area contributed by atoms with E-state index in [1.54, 1.807) is 6.20 Å². The maximum atomic E-state index is 5.85. The van der Waals surface area contributed by atoms with Crippen LogP contribution in [0.2, 0.25) is 0 Å². The van der Waals surface area contributed by atoms with E-state index in [4.69, 9.17) is 10.7 Å². The molecule has 0 bridgehead atoms. The van der Waals surface area contributed by atoms with Crippen LogP contribution in [0.5, 0.6) is 0 Å². The van der Waals surface area contributed by atoms with Crippen molar-refractivity contribution in [1.29, 1.82) is 0 Å². The summed E-state index contributed by atoms with van der Waals surface area (Å²) in [5.74, 6) is 1.11. The molecule has 0 spiro atoms. The van der Waals surface area contributed by atoms with Gasteiger partial charge in [-0.1, -0.05) is 6.07 Å². The van der Waals surface area contributed by atoms with Crippen LogP contribution in [0.1, 0.15) is 28.4 Å². The molecule has 0 fully saturated rings. The Morgan fingerprint density at radius 1 is 1.32 bits per heavy atom. The number of thiazole rings is 1. The first-order chi connectivity index (χ1) is 10.3. The summed E-state index contributed by atoms with van der Waals surface area (Å²) in [6, 6.07) is 5.63. The molecule has 0 amide bonds. The van der Waals surface area contributed by atoms with Crippen molar-refractivity contribution in [3.05, 3.63) is 40.0 Å². The lowest BCUT2D eigenvalue weighted by atomic mass is 10.0. The Morgan fingerprint density at radius 2 is 2.18 bits per heavy atom. The fourth-order valence-electron chi connectivity index (χ4n) is 2.39. The Hall–Kier alpha value is -1.22. The van der Waals surface area contributed by atoms with Crippen molar-refractivity contribution < 1.29 is 0 Å². The van der Waals surface area contributed by atoms with E-state index in [-0.39, 0.29) is 24.0 Å². The highest BCUT2D eigenvalue weighted by Crippen LogP contribution is 2.26. The van der Waals surface area contributed by atoms with Gasteiger partial charge in [0.1, 0.15) is 5.82 Å². The zero-order valence-electron chi connectivity index (χ0n) is 12.3. The largest absolute Gasteiger partial charge is 0.370 e. The second-order valence-corrected chi connectivity index (χ2v) is 6.21. The predicted octanol–water partition coefficient (Wildman–Crippen LogP) is 3.00. The van der Waals surface area contributed by atoms with Gasteiger partial charge in [0.15, 0.2) is 5.96 Å². The molecule has 22 heavy (non-hydrogen) atoms. The van der Waals surface area contributed by atoms with E-state index in [1.165, 1.54) is 34.8 Å². The van der Waals surface area contributed by atoms with Gasteiger partial charge in [0.25, 0.3) is 0 Å². The highest BCUT2D eigenvalue weighted by atomic mass is 127. The van der Waals surface area contributed by atoms with Gasteiger partial charge in [-0.15, -0.1) is 35.3 Å². The Morgan fingerprint density at radius 3 is 2.95 bits per heavy atom. The SMILES string of the molecule is I.NC(=NCCc1nc2c(s1)CCCC2)Nc1ccccn1. The Kier molecular flexibility index (Phi) is 6.56. The maximum absolute atomic E-state index is 5.85. The summed E-state index contributed by atoms with van der Waals surface area (Å²) in [6.07, 6.45) is 7.47. The van der Waals surface area contributed by atoms with Crippen LogP contribution in [0.3, 0.4) is 0 Å². The summed E-state index contributed by atoms with van der Waals surface area (Å²) in [4.78, 5) is 14.7. The van der Waals surface area contributed by atoms with Crippen molar-refractivity contribution in [3.63, 3.8) is 0 Å². The van der Waals surface area contributed by atoms with Crippen LogP contribution in [-0.2, 0) is 19.3 Å². The lowest BCUT2D eigenvalue weighted by Crippen LogP contribution is -2.23. The number of anilines is 1. The van der Waals surface area contributed by atoms with E-state index in [0.29, 0.717) is 18.3 Å². The van der Waals surface area contributed by atoms with Gasteiger partial charge >= 0.3 is 0 Å². The average Bonchev–Trinajstić information content (AvgIpc) is 2.91. The van der Waals surface area contributed by atoms with Crippen LogP contribution in [0.25, 0.3) is 0 Å². The second kappa shape index (κ2) is 8.42. The molecule has 118 valence electrons. The number of nitrogens with one attached hydrogen (secondary N) is 1. The minimum atomic E-state index is 0. The molecule has 1 aliphatic rings. The molecule has 0 unspecified atom stereocenters. The van der Waals surface area contributed by atoms with E-state index >= 15 is 0 Å². The molecule has 2 heterocycles. The van der Waals surface area contributed by atoms with E-state index < -0.39 is 0 Å². The van der Waals surface area contributed by atoms with Crippen molar-refractivity contribution in [3.8, 4) is 0 Å². The van der Waals surface area contributed by atoms with Crippen molar-refractivity contribution in [1.82, 2.24) is 9.97 Å². The number of hydrogen-bond acceptors (Lipinski definition) is 4. The highest BCUT2D eigenvalue weighted by Gasteiger charge is 2.14. The molecular formula is C15H20IN5S. The van der Waals surface area contributed by atoms with Crippen molar-refractivity contribution in [2.75, 3.05) is 11.9 Å². The second-order valence-electron chi connectivity index (χ2n) is 5.04. The summed E-state index contributed by atoms with van der Waals surface area (Å²) >= 11 is 1.84. The Balaban J connectivity index is 0.00000176. The smallest absolute Gasteiger partial charge is 0.194 e. The van der Waals surface area contributed by atoms with E-state index in [9.17, 15) is 0 Å². The van der Waals surface area contributed by atoms with Crippen LogP contribution in [0.15, 0.2) is 29.4 Å². The molecule has 3 N–H and O–H groups in total. The topological polar surface area (TPSA) is 76.2 Å². The number of aryl methyl sites for hydroxylation is 2. The number of pyridine rings is 1. The molecule has 7 heteroatoms. The summed E-state index contributed by atoms with van der Waals surface area (Å²) < 4.78 is 0. The number of aliphatic imine (C=N–C) groups is 1. The van der Waals surface area contributed by atoms with Gasteiger partial charge < -0.3 is 11.1 Å². The summed E-state index contributed by atoms with van der Waals surface area (Å²) in [5, 5.41) is 4.15. The minimum Gasteiger partial charge on any atom is -0.370 e. The molecule has 0 radical (unpaired) electrons. The molecule has 5 nitrogen and oxygen atoms in total. The summed E-state index contributed by atoms with van der Waals surface area (Å²) in [7, 11) is 0. The minimum absolute atomic E-state index is 0. The normalized spacial score (nSPS) is 14.1. The fraction of sp³-hybridized carbons (Fsp3) is 0.400. The third-order valence-electron chi connectivity index (χ3n) is 3.42. The standard InChI is InChI=1S/C15H19N5S.HI/c16-15(20-13-7-3-4-9-17-13)18-10-8-14-19-11-5-1-2-6-12(11)21-14;/h3-4,7,9H,1-2,5-6,8,10H2,(H3,16,17,18,20);1H. The summed E-state index contributed by atoms with van der Waals surface area (Å²) in [5.41, 5.74) is 7.16. The van der Waals surface area contributed by atoms with Gasteiger partial charge in [-0.05, 0) is 37.8 Å². The molecule has 0 atom stereocenters. The van der Waals surface area contributed by atoms with Crippen molar-refractivity contribution in [2.24, 2.45) is 10.7 Å². The van der Waals surface area contributed by atoms with E-state index in [2.05, 4.69) is 15.3 Å². The quantitative estimate of drug-likeness (QED) is 0.445. The van der Waals surface area contributed by atoms with Crippen LogP contribution >= 0.6 is 35.3 Å². The van der Waals surface area contributed by atoms with Crippen LogP contribution in [-0.4, -0.2) is 22.5 Å². The average molecular weight is 429 g/mol. The molecule has 3 rings (SSSR count). The van der Waals surface area contributed by atoms with E-state index in [1.807, 2.05) is 29.5 Å². The number of halogens is 1. The molecular weight excluding hydrogens is 409 g/mol. The maximum Gasteiger partial charge on any atom is 0.194 e. The van der Waals surface area contributed by atoms with Crippen LogP contribution in [0, 0.1) is 0 Å². The number of nitrogens with zero attached hydrogens (tertiary/aromatic N) is 3. The molecule has 0 aliphatic heterocycles. The molecule has 1 aliphatic carbocycles. The predicted molar refractivity (Wildman–Crippen MR) is 102 cm³/mol. The third kappa shape index (κ3) is 4.64. The monoisotopic (exact) mass is 429 g/mol. The molecule has 0 aromatic carbocycles. The number of nitrogens with two attached hydrogens (primary N) is 1. The molecule has 0 saturated heterocycles. The van der Waals surface area contributed by atoms with Crippen molar-refractivity contribution >= 4 is 47.1 Å². The van der Waals surface area contributed by atoms with Crippen LogP contribution in [0.4, 0.5) is 5.82 Å². The number of guanidine groups is 1. The highest BCUT2D eigenvalue weighted by molar-refractivity contribution is 14.0. The summed E-state index contributed by atoms with van der Waals surface area (Å²) in [6.45, 7) is 0.651. The van der Waals surface area contributed by atoms with Gasteiger partial charge in [-0.2, -0.15) is 0 Å². The first kappa shape index (κ1) is 17.1. The fourth-order valence-corrected chi connectivity index (χ4v) is 3.54. The van der Waals surface area contributed by atoms with Crippen LogP contribution < -0.4 is 11.1 Å². The van der Waals surface area contributed by atoms with Crippen molar-refractivity contribution in [2.45, 2.75) is 32.1 Å². The first-order valence-corrected chi connectivity index (χ1v) is 8.08. The van der Waals surface area contributed by atoms with Gasteiger partial charge in [-0.3, -0.25) is 4.99 Å². The van der Waals surface area contributed by atoms with Gasteiger partial charge in [0.2, 0.25) is 0 Å². The number of hydrogen-bond donors (Lipinski definition) is 2. The molecule has 2 aromatic heterocycles. The van der Waals surface area contributed by atoms with Gasteiger partial charge in [-0.25, -0.2) is 9.97 Å².